The van der Waals surface area contributed by atoms with E-state index in [4.69, 9.17) is 0 Å². The molecule has 8 rings (SSSR count). The summed E-state index contributed by atoms with van der Waals surface area (Å²) in [6.45, 7) is 12.4. The molecule has 2 nitrogen and oxygen atoms in total. The van der Waals surface area contributed by atoms with Crippen LogP contribution in [0.4, 0.5) is 22.0 Å². The molecule has 0 N–H and O–H groups in total. The van der Waals surface area contributed by atoms with E-state index in [1.54, 1.807) is 15.2 Å². The Bertz CT molecular complexity index is 2690. The van der Waals surface area contributed by atoms with E-state index in [9.17, 15) is 0 Å². The average Bonchev–Trinajstić information content (AvgIpc) is 3.58. The normalized spacial score (nSPS) is 12.9. The summed E-state index contributed by atoms with van der Waals surface area (Å²) >= 11 is 0. The lowest BCUT2D eigenvalue weighted by Crippen LogP contribution is -2.14. The molecule has 262 valence electrons. The van der Waals surface area contributed by atoms with Gasteiger partial charge in [0, 0.05) is 33.2 Å². The van der Waals surface area contributed by atoms with Crippen LogP contribution in [0.3, 0.4) is 0 Å². The van der Waals surface area contributed by atoms with Crippen molar-refractivity contribution in [3.63, 3.8) is 0 Å². The van der Waals surface area contributed by atoms with Crippen molar-refractivity contribution in [1.82, 2.24) is 9.13 Å². The van der Waals surface area contributed by atoms with Crippen molar-refractivity contribution in [2.75, 3.05) is 0 Å². The minimum atomic E-state index is -4.80. The molecule has 0 aliphatic carbocycles. The van der Waals surface area contributed by atoms with Crippen LogP contribution >= 0.6 is 0 Å². The van der Waals surface area contributed by atoms with Crippen molar-refractivity contribution in [2.24, 2.45) is 0 Å². The standard InChI is InChI=1S/C45H37F5N2/c1-43(2,3)27-15-17-33-31-11-7-9-13-37(31)51(39(33)21-27)41-25-36(45(48,49)50)42(24-35(41)26-19-29(46)23-30(47)20-26)52-38-14-10-8-12-32(38)34-18-16-28(22-40(34)52)44(4,5)6/h7-25H,1-6H3. The Labute approximate surface area is 298 Å². The molecule has 0 spiro atoms. The van der Waals surface area contributed by atoms with Crippen molar-refractivity contribution >= 4 is 43.6 Å². The van der Waals surface area contributed by atoms with Gasteiger partial charge in [0.15, 0.2) is 0 Å². The van der Waals surface area contributed by atoms with Crippen LogP contribution in [0.15, 0.2) is 115 Å². The molecule has 0 amide bonds. The molecule has 0 aliphatic heterocycles. The monoisotopic (exact) mass is 700 g/mol. The lowest BCUT2D eigenvalue weighted by Gasteiger charge is -2.23. The number of alkyl halides is 3. The highest BCUT2D eigenvalue weighted by Crippen LogP contribution is 2.46. The summed E-state index contributed by atoms with van der Waals surface area (Å²) in [5, 5.41) is 3.31. The second kappa shape index (κ2) is 11.5. The molecule has 6 aromatic carbocycles. The van der Waals surface area contributed by atoms with E-state index in [0.29, 0.717) is 22.1 Å². The zero-order valence-electron chi connectivity index (χ0n) is 29.8. The summed E-state index contributed by atoms with van der Waals surface area (Å²) in [5.74, 6) is -1.65. The van der Waals surface area contributed by atoms with Crippen LogP contribution in [0, 0.1) is 11.6 Å². The Morgan fingerprint density at radius 1 is 0.442 bits per heavy atom. The summed E-state index contributed by atoms with van der Waals surface area (Å²) in [7, 11) is 0. The third kappa shape index (κ3) is 5.45. The van der Waals surface area contributed by atoms with Gasteiger partial charge in [0.25, 0.3) is 0 Å². The molecule has 52 heavy (non-hydrogen) atoms. The fourth-order valence-corrected chi connectivity index (χ4v) is 7.51. The molecule has 0 fully saturated rings. The molecular weight excluding hydrogens is 663 g/mol. The topological polar surface area (TPSA) is 9.86 Å². The van der Waals surface area contributed by atoms with Gasteiger partial charge in [-0.25, -0.2) is 8.78 Å². The number of rotatable bonds is 3. The average molecular weight is 701 g/mol. The van der Waals surface area contributed by atoms with Gasteiger partial charge in [0.05, 0.1) is 39.0 Å². The first-order valence-electron chi connectivity index (χ1n) is 17.3. The Kier molecular flexibility index (Phi) is 7.48. The number of halogens is 5. The summed E-state index contributed by atoms with van der Waals surface area (Å²) in [5.41, 5.74) is 3.51. The molecule has 0 saturated heterocycles. The van der Waals surface area contributed by atoms with Crippen molar-refractivity contribution in [2.45, 2.75) is 58.5 Å². The minimum Gasteiger partial charge on any atom is -0.309 e. The van der Waals surface area contributed by atoms with E-state index in [1.165, 1.54) is 18.2 Å². The first-order chi connectivity index (χ1) is 24.5. The zero-order valence-corrected chi connectivity index (χ0v) is 29.8. The highest BCUT2D eigenvalue weighted by Gasteiger charge is 2.37. The molecule has 0 bridgehead atoms. The molecule has 2 heterocycles. The first kappa shape index (κ1) is 33.7. The van der Waals surface area contributed by atoms with Gasteiger partial charge >= 0.3 is 6.18 Å². The van der Waals surface area contributed by atoms with Crippen molar-refractivity contribution < 1.29 is 22.0 Å². The molecule has 2 aromatic heterocycles. The Morgan fingerprint density at radius 3 is 1.35 bits per heavy atom. The maximum absolute atomic E-state index is 15.7. The fourth-order valence-electron chi connectivity index (χ4n) is 7.51. The maximum atomic E-state index is 15.7. The van der Waals surface area contributed by atoms with Crippen LogP contribution in [0.25, 0.3) is 66.1 Å². The van der Waals surface area contributed by atoms with Crippen LogP contribution < -0.4 is 0 Å². The highest BCUT2D eigenvalue weighted by molar-refractivity contribution is 6.11. The smallest absolute Gasteiger partial charge is 0.309 e. The lowest BCUT2D eigenvalue weighted by atomic mass is 9.86. The number of para-hydroxylation sites is 2. The van der Waals surface area contributed by atoms with Crippen LogP contribution in [-0.4, -0.2) is 9.13 Å². The number of hydrogen-bond acceptors (Lipinski definition) is 0. The fraction of sp³-hybridized carbons (Fsp3) is 0.200. The predicted molar refractivity (Wildman–Crippen MR) is 203 cm³/mol. The predicted octanol–water partition coefficient (Wildman–Crippen LogP) is 13.4. The van der Waals surface area contributed by atoms with Crippen molar-refractivity contribution in [3.05, 3.63) is 144 Å². The molecule has 0 atom stereocenters. The van der Waals surface area contributed by atoms with Crippen molar-refractivity contribution in [1.29, 1.82) is 0 Å². The second-order valence-corrected chi connectivity index (χ2v) is 15.7. The maximum Gasteiger partial charge on any atom is 0.418 e. The molecule has 0 saturated carbocycles. The SMILES string of the molecule is CC(C)(C)c1ccc2c3ccccc3n(-c3cc(C(F)(F)F)c(-n4c5ccccc5c5ccc(C(C)(C)C)cc54)cc3-c3cc(F)cc(F)c3)c2c1. The van der Waals surface area contributed by atoms with E-state index in [2.05, 4.69) is 41.5 Å². The van der Waals surface area contributed by atoms with Crippen LogP contribution in [0.5, 0.6) is 0 Å². The molecule has 0 aliphatic rings. The molecule has 0 unspecified atom stereocenters. The third-order valence-electron chi connectivity index (χ3n) is 10.2. The van der Waals surface area contributed by atoms with Gasteiger partial charge in [0.2, 0.25) is 0 Å². The zero-order chi connectivity index (χ0) is 36.9. The number of hydrogen-bond donors (Lipinski definition) is 0. The minimum absolute atomic E-state index is 0.122. The van der Waals surface area contributed by atoms with Gasteiger partial charge < -0.3 is 9.13 Å². The van der Waals surface area contributed by atoms with E-state index in [1.807, 2.05) is 78.9 Å². The number of benzene rings is 6. The van der Waals surface area contributed by atoms with Gasteiger partial charge in [-0.1, -0.05) is 102 Å². The van der Waals surface area contributed by atoms with Crippen LogP contribution in [0.2, 0.25) is 0 Å². The summed E-state index contributed by atoms with van der Waals surface area (Å²) in [4.78, 5) is 0. The first-order valence-corrected chi connectivity index (χ1v) is 17.3. The molecule has 8 aromatic rings. The van der Waals surface area contributed by atoms with Crippen LogP contribution in [-0.2, 0) is 17.0 Å². The number of aromatic nitrogens is 2. The van der Waals surface area contributed by atoms with E-state index < -0.39 is 23.4 Å². The summed E-state index contributed by atoms with van der Waals surface area (Å²) < 4.78 is 80.7. The van der Waals surface area contributed by atoms with Crippen molar-refractivity contribution in [3.8, 4) is 22.5 Å². The van der Waals surface area contributed by atoms with Gasteiger partial charge in [-0.2, -0.15) is 13.2 Å². The molecule has 7 heteroatoms. The lowest BCUT2D eigenvalue weighted by molar-refractivity contribution is -0.137. The van der Waals surface area contributed by atoms with E-state index in [-0.39, 0.29) is 33.3 Å². The molecule has 0 radical (unpaired) electrons. The van der Waals surface area contributed by atoms with Gasteiger partial charge in [-0.05, 0) is 76.1 Å². The Balaban J connectivity index is 1.57. The third-order valence-corrected chi connectivity index (χ3v) is 10.2. The Hall–Kier alpha value is -5.43. The Morgan fingerprint density at radius 2 is 0.885 bits per heavy atom. The summed E-state index contributed by atoms with van der Waals surface area (Å²) in [6, 6.07) is 32.6. The largest absolute Gasteiger partial charge is 0.418 e. The number of fused-ring (bicyclic) bond motifs is 6. The van der Waals surface area contributed by atoms with Gasteiger partial charge in [-0.15, -0.1) is 0 Å². The van der Waals surface area contributed by atoms with E-state index >= 15 is 22.0 Å². The summed E-state index contributed by atoms with van der Waals surface area (Å²) in [6.07, 6.45) is -4.80. The second-order valence-electron chi connectivity index (χ2n) is 15.7. The number of nitrogens with zero attached hydrogens (tertiary/aromatic N) is 2. The van der Waals surface area contributed by atoms with Gasteiger partial charge in [0.1, 0.15) is 11.6 Å². The van der Waals surface area contributed by atoms with E-state index in [0.717, 1.165) is 44.8 Å². The van der Waals surface area contributed by atoms with Crippen LogP contribution in [0.1, 0.15) is 58.2 Å². The highest BCUT2D eigenvalue weighted by atomic mass is 19.4. The quantitative estimate of drug-likeness (QED) is 0.162. The van der Waals surface area contributed by atoms with Gasteiger partial charge in [-0.3, -0.25) is 0 Å². The molecular formula is C45H37F5N2.